The summed E-state index contributed by atoms with van der Waals surface area (Å²) in [5, 5.41) is 0. The highest BCUT2D eigenvalue weighted by Gasteiger charge is 2.13. The van der Waals surface area contributed by atoms with Gasteiger partial charge in [0.1, 0.15) is 5.75 Å². The smallest absolute Gasteiger partial charge is 0.136 e. The van der Waals surface area contributed by atoms with E-state index in [2.05, 4.69) is 48.8 Å². The summed E-state index contributed by atoms with van der Waals surface area (Å²) >= 11 is 3.62. The predicted molar refractivity (Wildman–Crippen MR) is 94.9 cm³/mol. The van der Waals surface area contributed by atoms with Crippen LogP contribution < -0.4 is 10.5 Å². The molecule has 0 saturated carbocycles. The van der Waals surface area contributed by atoms with Crippen molar-refractivity contribution in [2.24, 2.45) is 11.7 Å². The first kappa shape index (κ1) is 18.5. The monoisotopic (exact) mass is 355 g/mol. The number of rotatable bonds is 10. The molecule has 0 radical (unpaired) electrons. The van der Waals surface area contributed by atoms with Crippen LogP contribution in [-0.2, 0) is 6.42 Å². The van der Waals surface area contributed by atoms with E-state index < -0.39 is 0 Å². The molecule has 1 aromatic carbocycles. The van der Waals surface area contributed by atoms with Crippen LogP contribution in [0.1, 0.15) is 58.4 Å². The SMILES string of the molecule is CCCCC(CC)COc1c(Br)cccc1CC(N)CC. The van der Waals surface area contributed by atoms with Crippen LogP contribution in [0.3, 0.4) is 0 Å². The fourth-order valence-corrected chi connectivity index (χ4v) is 2.92. The fraction of sp³-hybridized carbons (Fsp3) is 0.667. The average molecular weight is 356 g/mol. The van der Waals surface area contributed by atoms with Crippen molar-refractivity contribution in [2.75, 3.05) is 6.61 Å². The van der Waals surface area contributed by atoms with E-state index in [0.717, 1.165) is 29.7 Å². The highest BCUT2D eigenvalue weighted by molar-refractivity contribution is 9.10. The number of nitrogens with two attached hydrogens (primary N) is 1. The third-order valence-corrected chi connectivity index (χ3v) is 4.69. The standard InChI is InChI=1S/C18H30BrNO/c1-4-7-9-14(5-2)13-21-18-15(12-16(20)6-3)10-8-11-17(18)19/h8,10-11,14,16H,4-7,9,12-13,20H2,1-3H3. The quantitative estimate of drug-likeness (QED) is 0.615. The maximum Gasteiger partial charge on any atom is 0.136 e. The molecule has 0 saturated heterocycles. The molecule has 0 heterocycles. The second kappa shape index (κ2) is 10.2. The molecular weight excluding hydrogens is 326 g/mol. The van der Waals surface area contributed by atoms with Gasteiger partial charge in [-0.3, -0.25) is 0 Å². The zero-order chi connectivity index (χ0) is 15.7. The number of para-hydroxylation sites is 1. The van der Waals surface area contributed by atoms with E-state index in [1.807, 2.05) is 6.07 Å². The van der Waals surface area contributed by atoms with Crippen LogP contribution in [0.25, 0.3) is 0 Å². The minimum atomic E-state index is 0.198. The molecule has 0 aliphatic carbocycles. The second-order valence-corrected chi connectivity index (χ2v) is 6.68. The summed E-state index contributed by atoms with van der Waals surface area (Å²) in [5.74, 6) is 1.63. The maximum absolute atomic E-state index is 6.16. The van der Waals surface area contributed by atoms with Crippen LogP contribution >= 0.6 is 15.9 Å². The molecule has 0 bridgehead atoms. The molecule has 0 aliphatic heterocycles. The van der Waals surface area contributed by atoms with Crippen molar-refractivity contribution in [3.05, 3.63) is 28.2 Å². The van der Waals surface area contributed by atoms with Crippen LogP contribution in [0.2, 0.25) is 0 Å². The van der Waals surface area contributed by atoms with Crippen LogP contribution in [0.4, 0.5) is 0 Å². The summed E-state index contributed by atoms with van der Waals surface area (Å²) in [6, 6.07) is 6.43. The highest BCUT2D eigenvalue weighted by atomic mass is 79.9. The summed E-state index contributed by atoms with van der Waals surface area (Å²) < 4.78 is 7.20. The van der Waals surface area contributed by atoms with Gasteiger partial charge in [0, 0.05) is 6.04 Å². The number of unbranched alkanes of at least 4 members (excludes halogenated alkanes) is 1. The van der Waals surface area contributed by atoms with Crippen molar-refractivity contribution >= 4 is 15.9 Å². The van der Waals surface area contributed by atoms with Crippen molar-refractivity contribution in [1.82, 2.24) is 0 Å². The Morgan fingerprint density at radius 3 is 2.57 bits per heavy atom. The van der Waals surface area contributed by atoms with E-state index in [9.17, 15) is 0 Å². The number of hydrogen-bond acceptors (Lipinski definition) is 2. The molecule has 3 heteroatoms. The van der Waals surface area contributed by atoms with E-state index in [4.69, 9.17) is 10.5 Å². The van der Waals surface area contributed by atoms with E-state index in [1.165, 1.54) is 31.2 Å². The van der Waals surface area contributed by atoms with Gasteiger partial charge in [-0.2, -0.15) is 0 Å². The largest absolute Gasteiger partial charge is 0.492 e. The second-order valence-electron chi connectivity index (χ2n) is 5.83. The Hall–Kier alpha value is -0.540. The molecular formula is C18H30BrNO. The molecule has 2 N–H and O–H groups in total. The van der Waals surface area contributed by atoms with Crippen molar-refractivity contribution in [2.45, 2.75) is 65.3 Å². The molecule has 0 fully saturated rings. The lowest BCUT2D eigenvalue weighted by molar-refractivity contribution is 0.230. The van der Waals surface area contributed by atoms with Crippen molar-refractivity contribution < 1.29 is 4.74 Å². The van der Waals surface area contributed by atoms with E-state index in [-0.39, 0.29) is 6.04 Å². The summed E-state index contributed by atoms with van der Waals surface area (Å²) in [6.45, 7) is 7.41. The highest BCUT2D eigenvalue weighted by Crippen LogP contribution is 2.31. The number of hydrogen-bond donors (Lipinski definition) is 1. The van der Waals surface area contributed by atoms with Gasteiger partial charge in [-0.1, -0.05) is 52.2 Å². The Balaban J connectivity index is 2.72. The van der Waals surface area contributed by atoms with Crippen molar-refractivity contribution in [3.8, 4) is 5.75 Å². The van der Waals surface area contributed by atoms with Gasteiger partial charge >= 0.3 is 0 Å². The van der Waals surface area contributed by atoms with Gasteiger partial charge in [-0.05, 0) is 52.7 Å². The zero-order valence-electron chi connectivity index (χ0n) is 13.7. The third-order valence-electron chi connectivity index (χ3n) is 4.06. The molecule has 21 heavy (non-hydrogen) atoms. The first-order valence-corrected chi connectivity index (χ1v) is 9.07. The third kappa shape index (κ3) is 6.39. The summed E-state index contributed by atoms with van der Waals surface area (Å²) in [4.78, 5) is 0. The molecule has 0 spiro atoms. The average Bonchev–Trinajstić information content (AvgIpc) is 2.49. The van der Waals surface area contributed by atoms with Crippen molar-refractivity contribution in [1.29, 1.82) is 0 Å². The zero-order valence-corrected chi connectivity index (χ0v) is 15.3. The summed E-state index contributed by atoms with van der Waals surface area (Å²) in [6.07, 6.45) is 6.82. The van der Waals surface area contributed by atoms with Gasteiger partial charge in [0.05, 0.1) is 11.1 Å². The first-order chi connectivity index (χ1) is 10.1. The van der Waals surface area contributed by atoms with E-state index >= 15 is 0 Å². The fourth-order valence-electron chi connectivity index (χ4n) is 2.40. The molecule has 2 nitrogen and oxygen atoms in total. The van der Waals surface area contributed by atoms with E-state index in [1.54, 1.807) is 0 Å². The molecule has 120 valence electrons. The van der Waals surface area contributed by atoms with Gasteiger partial charge in [0.2, 0.25) is 0 Å². The normalized spacial score (nSPS) is 14.0. The Kier molecular flexibility index (Phi) is 9.02. The Morgan fingerprint density at radius 2 is 1.95 bits per heavy atom. The lowest BCUT2D eigenvalue weighted by Gasteiger charge is -2.19. The van der Waals surface area contributed by atoms with Gasteiger partial charge < -0.3 is 10.5 Å². The topological polar surface area (TPSA) is 35.2 Å². The molecule has 2 unspecified atom stereocenters. The lowest BCUT2D eigenvalue weighted by atomic mass is 10.0. The Morgan fingerprint density at radius 1 is 1.19 bits per heavy atom. The van der Waals surface area contributed by atoms with Crippen LogP contribution in [-0.4, -0.2) is 12.6 Å². The lowest BCUT2D eigenvalue weighted by Crippen LogP contribution is -2.22. The predicted octanol–water partition coefficient (Wildman–Crippen LogP) is 5.32. The van der Waals surface area contributed by atoms with E-state index in [0.29, 0.717) is 5.92 Å². The molecule has 0 amide bonds. The van der Waals surface area contributed by atoms with Crippen LogP contribution in [0, 0.1) is 5.92 Å². The molecule has 1 aromatic rings. The van der Waals surface area contributed by atoms with Gasteiger partial charge in [-0.15, -0.1) is 0 Å². The van der Waals surface area contributed by atoms with Crippen LogP contribution in [0.5, 0.6) is 5.75 Å². The number of ether oxygens (including phenoxy) is 1. The minimum Gasteiger partial charge on any atom is -0.492 e. The van der Waals surface area contributed by atoms with Crippen molar-refractivity contribution in [3.63, 3.8) is 0 Å². The molecule has 1 rings (SSSR count). The number of benzene rings is 1. The minimum absolute atomic E-state index is 0.198. The summed E-state index contributed by atoms with van der Waals surface area (Å²) in [5.41, 5.74) is 7.31. The first-order valence-electron chi connectivity index (χ1n) is 8.28. The Bertz CT molecular complexity index is 408. The Labute approximate surface area is 138 Å². The number of halogens is 1. The summed E-state index contributed by atoms with van der Waals surface area (Å²) in [7, 11) is 0. The van der Waals surface area contributed by atoms with Gasteiger partial charge in [-0.25, -0.2) is 0 Å². The molecule has 0 aliphatic rings. The van der Waals surface area contributed by atoms with Crippen LogP contribution in [0.15, 0.2) is 22.7 Å². The van der Waals surface area contributed by atoms with Gasteiger partial charge in [0.25, 0.3) is 0 Å². The molecule has 2 atom stereocenters. The van der Waals surface area contributed by atoms with Gasteiger partial charge in [0.15, 0.2) is 0 Å². The molecule has 0 aromatic heterocycles. The maximum atomic E-state index is 6.16.